The molecule has 2 saturated heterocycles. The van der Waals surface area contributed by atoms with Crippen molar-refractivity contribution in [2.45, 2.75) is 75.3 Å². The maximum Gasteiger partial charge on any atom is 0.315 e. The molecule has 1 aromatic carbocycles. The van der Waals surface area contributed by atoms with Gasteiger partial charge in [-0.25, -0.2) is 4.79 Å². The molecule has 3 aliphatic rings. The highest BCUT2D eigenvalue weighted by Crippen LogP contribution is 2.45. The van der Waals surface area contributed by atoms with Gasteiger partial charge >= 0.3 is 12.0 Å². The molecule has 0 radical (unpaired) electrons. The molecule has 152 valence electrons. The van der Waals surface area contributed by atoms with Crippen LogP contribution in [0.1, 0.15) is 69.1 Å². The number of benzene rings is 1. The molecule has 0 aromatic heterocycles. The largest absolute Gasteiger partial charge is 0.457 e. The van der Waals surface area contributed by atoms with Gasteiger partial charge in [0.15, 0.2) is 0 Å². The van der Waals surface area contributed by atoms with Crippen LogP contribution in [0.5, 0.6) is 0 Å². The molecule has 0 spiro atoms. The van der Waals surface area contributed by atoms with Gasteiger partial charge in [-0.1, -0.05) is 44.5 Å². The minimum absolute atomic E-state index is 0.0413. The third kappa shape index (κ3) is 4.02. The third-order valence-electron chi connectivity index (χ3n) is 6.35. The molecule has 4 rings (SSSR count). The summed E-state index contributed by atoms with van der Waals surface area (Å²) in [5.41, 5.74) is 2.53. The van der Waals surface area contributed by atoms with Crippen molar-refractivity contribution in [1.29, 1.82) is 0 Å². The fraction of sp³-hybridized carbons (Fsp3) is 0.636. The molecule has 6 heteroatoms. The second-order valence-corrected chi connectivity index (χ2v) is 9.83. The number of rotatable bonds is 7. The van der Waals surface area contributed by atoms with E-state index in [1.807, 2.05) is 17.8 Å². The van der Waals surface area contributed by atoms with Crippen molar-refractivity contribution < 1.29 is 14.3 Å². The lowest BCUT2D eigenvalue weighted by molar-refractivity contribution is -0.149. The van der Waals surface area contributed by atoms with Gasteiger partial charge in [0.25, 0.3) is 0 Å². The highest BCUT2D eigenvalue weighted by Gasteiger charge is 2.42. The van der Waals surface area contributed by atoms with Crippen LogP contribution in [0.4, 0.5) is 4.79 Å². The van der Waals surface area contributed by atoms with Crippen molar-refractivity contribution in [3.63, 3.8) is 0 Å². The summed E-state index contributed by atoms with van der Waals surface area (Å²) in [6.07, 6.45) is 4.14. The number of fused-ring (bicyclic) bond motifs is 2. The first kappa shape index (κ1) is 19.6. The number of thioether (sulfide) groups is 1. The second kappa shape index (κ2) is 8.36. The molecular formula is C22H30N2O3S. The van der Waals surface area contributed by atoms with E-state index in [0.717, 1.165) is 31.4 Å². The first-order valence-corrected chi connectivity index (χ1v) is 11.5. The lowest BCUT2D eigenvalue weighted by Gasteiger charge is -2.17. The summed E-state index contributed by atoms with van der Waals surface area (Å²) in [7, 11) is 0. The predicted molar refractivity (Wildman–Crippen MR) is 111 cm³/mol. The van der Waals surface area contributed by atoms with E-state index in [2.05, 4.69) is 42.7 Å². The Morgan fingerprint density at radius 1 is 1.21 bits per heavy atom. The van der Waals surface area contributed by atoms with Gasteiger partial charge in [0, 0.05) is 17.4 Å². The van der Waals surface area contributed by atoms with Crippen LogP contribution in [0.2, 0.25) is 0 Å². The van der Waals surface area contributed by atoms with Crippen LogP contribution in [0.15, 0.2) is 24.3 Å². The number of ether oxygens (including phenoxy) is 1. The molecule has 1 aliphatic carbocycles. The van der Waals surface area contributed by atoms with Crippen LogP contribution in [-0.4, -0.2) is 35.1 Å². The van der Waals surface area contributed by atoms with Crippen molar-refractivity contribution in [2.75, 3.05) is 5.75 Å². The second-order valence-electron chi connectivity index (χ2n) is 8.56. The Morgan fingerprint density at radius 2 is 2.00 bits per heavy atom. The summed E-state index contributed by atoms with van der Waals surface area (Å²) in [6, 6.07) is 8.86. The molecule has 2 aliphatic heterocycles. The molecule has 5 atom stereocenters. The number of hydrogen-bond acceptors (Lipinski definition) is 4. The fourth-order valence-electron chi connectivity index (χ4n) is 4.84. The van der Waals surface area contributed by atoms with E-state index in [9.17, 15) is 9.59 Å². The van der Waals surface area contributed by atoms with E-state index in [4.69, 9.17) is 4.74 Å². The van der Waals surface area contributed by atoms with Crippen molar-refractivity contribution in [2.24, 2.45) is 5.92 Å². The van der Waals surface area contributed by atoms with Crippen molar-refractivity contribution >= 4 is 23.8 Å². The SMILES string of the molecule is CC(C)[C@@H]1C[C@@H](OC(=O)CCCC[C@@H]2SC[C@H]3NC(=O)N[C@H]23)c2ccccc21. The monoisotopic (exact) mass is 402 g/mol. The first-order chi connectivity index (χ1) is 13.5. The van der Waals surface area contributed by atoms with Gasteiger partial charge in [0.05, 0.1) is 12.1 Å². The average Bonchev–Trinajstić information content (AvgIpc) is 3.32. The van der Waals surface area contributed by atoms with E-state index >= 15 is 0 Å². The Kier molecular flexibility index (Phi) is 5.85. The van der Waals surface area contributed by atoms with Gasteiger partial charge in [-0.15, -0.1) is 0 Å². The van der Waals surface area contributed by atoms with Crippen LogP contribution in [-0.2, 0) is 9.53 Å². The van der Waals surface area contributed by atoms with E-state index in [0.29, 0.717) is 23.5 Å². The minimum atomic E-state index is -0.0954. The van der Waals surface area contributed by atoms with Gasteiger partial charge in [-0.3, -0.25) is 4.79 Å². The number of amides is 2. The Bertz CT molecular complexity index is 738. The molecule has 2 heterocycles. The fourth-order valence-corrected chi connectivity index (χ4v) is 6.39. The Balaban J connectivity index is 1.22. The van der Waals surface area contributed by atoms with Gasteiger partial charge < -0.3 is 15.4 Å². The Hall–Kier alpha value is -1.69. The van der Waals surface area contributed by atoms with E-state index < -0.39 is 0 Å². The molecule has 2 N–H and O–H groups in total. The number of urea groups is 1. The molecule has 0 bridgehead atoms. The highest BCUT2D eigenvalue weighted by molar-refractivity contribution is 8.00. The van der Waals surface area contributed by atoms with E-state index in [1.54, 1.807) is 0 Å². The summed E-state index contributed by atoms with van der Waals surface area (Å²) in [6.45, 7) is 4.47. The van der Waals surface area contributed by atoms with Gasteiger partial charge in [0.2, 0.25) is 0 Å². The van der Waals surface area contributed by atoms with Crippen molar-refractivity contribution in [3.05, 3.63) is 35.4 Å². The smallest absolute Gasteiger partial charge is 0.315 e. The molecular weight excluding hydrogens is 372 g/mol. The summed E-state index contributed by atoms with van der Waals surface area (Å²) in [5, 5.41) is 6.45. The van der Waals surface area contributed by atoms with Gasteiger partial charge in [-0.05, 0) is 42.2 Å². The Morgan fingerprint density at radius 3 is 2.79 bits per heavy atom. The standard InChI is InChI=1S/C22H30N2O3S/c1-13(2)16-11-18(15-8-4-3-7-14(15)16)27-20(25)10-6-5-9-19-21-17(12-28-19)23-22(26)24-21/h3-4,7-8,13,16-19,21H,5-6,9-12H2,1-2H3,(H2,23,24,26)/t16-,17+,18+,19-,21-/m0/s1. The lowest BCUT2D eigenvalue weighted by Crippen LogP contribution is -2.36. The zero-order valence-electron chi connectivity index (χ0n) is 16.6. The number of esters is 1. The molecule has 0 unspecified atom stereocenters. The van der Waals surface area contributed by atoms with Gasteiger partial charge in [-0.2, -0.15) is 11.8 Å². The molecule has 0 saturated carbocycles. The summed E-state index contributed by atoms with van der Waals surface area (Å²) >= 11 is 1.92. The number of hydrogen-bond donors (Lipinski definition) is 2. The molecule has 28 heavy (non-hydrogen) atoms. The number of carbonyl (C=O) groups is 2. The summed E-state index contributed by atoms with van der Waals surface area (Å²) < 4.78 is 5.86. The Labute approximate surface area is 171 Å². The summed E-state index contributed by atoms with van der Waals surface area (Å²) in [4.78, 5) is 23.9. The van der Waals surface area contributed by atoms with Crippen molar-refractivity contribution in [3.8, 4) is 0 Å². The number of unbranched alkanes of at least 4 members (excludes halogenated alkanes) is 1. The third-order valence-corrected chi connectivity index (χ3v) is 7.86. The normalized spacial score (nSPS) is 30.7. The number of carbonyl (C=O) groups excluding carboxylic acids is 2. The summed E-state index contributed by atoms with van der Waals surface area (Å²) in [5.74, 6) is 1.91. The maximum absolute atomic E-state index is 12.4. The zero-order chi connectivity index (χ0) is 19.7. The predicted octanol–water partition coefficient (Wildman–Crippen LogP) is 4.14. The van der Waals surface area contributed by atoms with Crippen LogP contribution in [0.25, 0.3) is 0 Å². The van der Waals surface area contributed by atoms with E-state index in [-0.39, 0.29) is 30.2 Å². The lowest BCUT2D eigenvalue weighted by atomic mass is 9.90. The van der Waals surface area contributed by atoms with Crippen LogP contribution in [0.3, 0.4) is 0 Å². The van der Waals surface area contributed by atoms with Crippen LogP contribution in [0, 0.1) is 5.92 Å². The topological polar surface area (TPSA) is 67.4 Å². The molecule has 2 amide bonds. The van der Waals surface area contributed by atoms with Crippen molar-refractivity contribution in [1.82, 2.24) is 10.6 Å². The van der Waals surface area contributed by atoms with E-state index in [1.165, 1.54) is 11.1 Å². The number of nitrogens with one attached hydrogen (secondary N) is 2. The van der Waals surface area contributed by atoms with Crippen LogP contribution >= 0.6 is 11.8 Å². The molecule has 2 fully saturated rings. The average molecular weight is 403 g/mol. The maximum atomic E-state index is 12.4. The first-order valence-electron chi connectivity index (χ1n) is 10.5. The molecule has 5 nitrogen and oxygen atoms in total. The highest BCUT2D eigenvalue weighted by atomic mass is 32.2. The zero-order valence-corrected chi connectivity index (χ0v) is 17.5. The van der Waals surface area contributed by atoms with Crippen LogP contribution < -0.4 is 10.6 Å². The molecule has 1 aromatic rings. The van der Waals surface area contributed by atoms with Gasteiger partial charge in [0.1, 0.15) is 6.10 Å². The minimum Gasteiger partial charge on any atom is -0.457 e. The quantitative estimate of drug-likeness (QED) is 0.409.